The molecule has 0 radical (unpaired) electrons. The summed E-state index contributed by atoms with van der Waals surface area (Å²) in [6.07, 6.45) is 2.52. The molecule has 2 aromatic carbocycles. The normalized spacial score (nSPS) is 11.3. The molecule has 0 fully saturated rings. The summed E-state index contributed by atoms with van der Waals surface area (Å²) in [4.78, 5) is 60.6. The van der Waals surface area contributed by atoms with Crippen LogP contribution in [0.2, 0.25) is 0 Å². The average Bonchev–Trinajstić information content (AvgIpc) is 3.46. The van der Waals surface area contributed by atoms with Crippen molar-refractivity contribution in [3.8, 4) is 5.75 Å². The van der Waals surface area contributed by atoms with E-state index in [-0.39, 0.29) is 31.2 Å². The Hall–Kier alpha value is -5.42. The van der Waals surface area contributed by atoms with Gasteiger partial charge in [0, 0.05) is 42.0 Å². The monoisotopic (exact) mass is 703 g/mol. The van der Waals surface area contributed by atoms with Crippen LogP contribution in [0.1, 0.15) is 26.0 Å². The van der Waals surface area contributed by atoms with Gasteiger partial charge in [0.1, 0.15) is 29.4 Å². The molecule has 0 aliphatic carbocycles. The fourth-order valence-corrected chi connectivity index (χ4v) is 4.61. The highest BCUT2D eigenvalue weighted by Gasteiger charge is 2.17. The number of rotatable bonds is 16. The Kier molecular flexibility index (Phi) is 14.1. The lowest BCUT2D eigenvalue weighted by Crippen LogP contribution is -2.30. The van der Waals surface area contributed by atoms with E-state index < -0.39 is 25.6 Å². The SMILES string of the molecule is CCN(CCCOc1ccc2c(Nc3cc(CC(=O)Nc4cccc(F)c4)[nH]n3)ncnc2c1)/C(=C/C(=O)O)C(=O)O.CCOP(=O)(O)O. The molecule has 4 aromatic rings. The largest absolute Gasteiger partial charge is 0.493 e. The van der Waals surface area contributed by atoms with Crippen molar-refractivity contribution in [2.45, 2.75) is 26.7 Å². The van der Waals surface area contributed by atoms with Crippen LogP contribution < -0.4 is 15.4 Å². The lowest BCUT2D eigenvalue weighted by atomic mass is 10.2. The standard InChI is InChI=1S/C28H28FN7O6.C2H7O4P/c1-2-36(23(28(40)41)15-26(38)39)9-4-10-42-20-7-8-21-22(14-20)30-16-31-27(21)33-24-12-19(34-35-24)13-25(37)32-18-6-3-5-17(29)11-18;1-2-6-7(3,4)5/h3,5-8,11-12,14-16H,2,4,9-10,13H2,1H3,(H,32,37)(H,38,39)(H,40,41)(H2,30,31,33,34,35);2H2,1H3,(H2,3,4,5)/b23-15+;. The van der Waals surface area contributed by atoms with E-state index in [1.807, 2.05) is 0 Å². The van der Waals surface area contributed by atoms with Gasteiger partial charge < -0.3 is 40.3 Å². The number of carbonyl (C=O) groups is 3. The van der Waals surface area contributed by atoms with Crippen molar-refractivity contribution in [1.29, 1.82) is 0 Å². The van der Waals surface area contributed by atoms with Crippen LogP contribution in [0.5, 0.6) is 5.75 Å². The molecule has 1 amide bonds. The molecule has 0 saturated heterocycles. The topological polar surface area (TPSA) is 249 Å². The molecule has 262 valence electrons. The third kappa shape index (κ3) is 13.0. The van der Waals surface area contributed by atoms with Gasteiger partial charge in [-0.15, -0.1) is 0 Å². The minimum Gasteiger partial charge on any atom is -0.493 e. The Balaban J connectivity index is 0.000000838. The van der Waals surface area contributed by atoms with E-state index >= 15 is 0 Å². The molecule has 49 heavy (non-hydrogen) atoms. The molecule has 2 heterocycles. The smallest absolute Gasteiger partial charge is 0.469 e. The van der Waals surface area contributed by atoms with Crippen molar-refractivity contribution in [3.63, 3.8) is 0 Å². The molecule has 0 aliphatic rings. The van der Waals surface area contributed by atoms with Gasteiger partial charge in [-0.2, -0.15) is 5.10 Å². The maximum absolute atomic E-state index is 13.3. The summed E-state index contributed by atoms with van der Waals surface area (Å²) in [7, 11) is -4.17. The van der Waals surface area contributed by atoms with Crippen LogP contribution in [-0.2, 0) is 29.9 Å². The highest BCUT2D eigenvalue weighted by atomic mass is 31.2. The molecule has 0 bridgehead atoms. The second-order valence-electron chi connectivity index (χ2n) is 9.90. The van der Waals surface area contributed by atoms with Crippen LogP contribution in [0.3, 0.4) is 0 Å². The van der Waals surface area contributed by atoms with E-state index in [4.69, 9.17) is 19.6 Å². The number of aliphatic carboxylic acids is 2. The number of carboxylic acids is 2. The summed E-state index contributed by atoms with van der Waals surface area (Å²) < 4.78 is 32.8. The fourth-order valence-electron chi connectivity index (χ4n) is 4.28. The molecular formula is C30H35FN7O10P. The van der Waals surface area contributed by atoms with Crippen LogP contribution in [0.25, 0.3) is 10.9 Å². The highest BCUT2D eigenvalue weighted by Crippen LogP contribution is 2.35. The minimum atomic E-state index is -4.17. The number of likely N-dealkylation sites (N-methyl/N-ethyl adjacent to an activating group) is 1. The number of aromatic nitrogens is 4. The number of carbonyl (C=O) groups excluding carboxylic acids is 1. The molecule has 19 heteroatoms. The number of nitrogens with one attached hydrogen (secondary N) is 3. The van der Waals surface area contributed by atoms with Crippen molar-refractivity contribution in [1.82, 2.24) is 25.1 Å². The second-order valence-corrected chi connectivity index (χ2v) is 11.1. The zero-order valence-electron chi connectivity index (χ0n) is 26.4. The third-order valence-corrected chi connectivity index (χ3v) is 6.88. The van der Waals surface area contributed by atoms with Gasteiger partial charge in [-0.1, -0.05) is 6.07 Å². The summed E-state index contributed by atoms with van der Waals surface area (Å²) in [5.41, 5.74) is 1.21. The van der Waals surface area contributed by atoms with Crippen LogP contribution in [-0.4, -0.2) is 89.2 Å². The summed E-state index contributed by atoms with van der Waals surface area (Å²) in [6.45, 7) is 4.19. The maximum atomic E-state index is 13.3. The van der Waals surface area contributed by atoms with Gasteiger partial charge in [0.2, 0.25) is 5.91 Å². The zero-order chi connectivity index (χ0) is 36.0. The summed E-state index contributed by atoms with van der Waals surface area (Å²) in [5.74, 6) is -1.96. The first-order chi connectivity index (χ1) is 23.3. The number of hydrogen-bond donors (Lipinski definition) is 7. The molecular weight excluding hydrogens is 668 g/mol. The first kappa shape index (κ1) is 38.0. The van der Waals surface area contributed by atoms with Gasteiger partial charge in [0.25, 0.3) is 0 Å². The number of benzene rings is 2. The van der Waals surface area contributed by atoms with E-state index in [1.165, 1.54) is 36.4 Å². The number of fused-ring (bicyclic) bond motifs is 1. The van der Waals surface area contributed by atoms with E-state index in [2.05, 4.69) is 35.3 Å². The Morgan fingerprint density at radius 2 is 1.86 bits per heavy atom. The molecule has 0 saturated carbocycles. The molecule has 2 aromatic heterocycles. The minimum absolute atomic E-state index is 0.000103. The lowest BCUT2D eigenvalue weighted by molar-refractivity contribution is -0.136. The lowest BCUT2D eigenvalue weighted by Gasteiger charge is -2.23. The summed E-state index contributed by atoms with van der Waals surface area (Å²) in [6, 6.07) is 12.5. The van der Waals surface area contributed by atoms with Gasteiger partial charge in [0.15, 0.2) is 5.82 Å². The van der Waals surface area contributed by atoms with E-state index in [9.17, 15) is 28.4 Å². The van der Waals surface area contributed by atoms with Gasteiger partial charge >= 0.3 is 19.8 Å². The number of ether oxygens (including phenoxy) is 1. The number of phosphoric acid groups is 1. The fraction of sp³-hybridized carbons (Fsp3) is 0.267. The number of anilines is 3. The zero-order valence-corrected chi connectivity index (χ0v) is 27.3. The predicted molar refractivity (Wildman–Crippen MR) is 175 cm³/mol. The van der Waals surface area contributed by atoms with Crippen molar-refractivity contribution in [2.75, 3.05) is 36.9 Å². The number of carboxylic acid groups (broad SMARTS) is 2. The van der Waals surface area contributed by atoms with Crippen molar-refractivity contribution >= 4 is 53.9 Å². The Morgan fingerprint density at radius 3 is 2.49 bits per heavy atom. The summed E-state index contributed by atoms with van der Waals surface area (Å²) in [5, 5.41) is 31.7. The molecule has 0 atom stereocenters. The Morgan fingerprint density at radius 1 is 1.08 bits per heavy atom. The first-order valence-corrected chi connectivity index (χ1v) is 16.2. The molecule has 4 rings (SSSR count). The van der Waals surface area contributed by atoms with Crippen LogP contribution in [0.4, 0.5) is 21.7 Å². The number of amides is 1. The number of aromatic amines is 1. The predicted octanol–water partition coefficient (Wildman–Crippen LogP) is 3.68. The number of hydrogen-bond acceptors (Lipinski definition) is 11. The van der Waals surface area contributed by atoms with Gasteiger partial charge in [-0.05, 0) is 50.6 Å². The molecule has 0 unspecified atom stereocenters. The third-order valence-electron chi connectivity index (χ3n) is 6.28. The van der Waals surface area contributed by atoms with E-state index in [0.717, 1.165) is 0 Å². The Labute approximate surface area is 279 Å². The number of H-pyrrole nitrogens is 1. The van der Waals surface area contributed by atoms with E-state index in [0.29, 0.717) is 65.3 Å². The second kappa shape index (κ2) is 18.2. The number of nitrogens with zero attached hydrogens (tertiary/aromatic N) is 4. The van der Waals surface area contributed by atoms with Gasteiger partial charge in [-0.3, -0.25) is 14.4 Å². The van der Waals surface area contributed by atoms with Crippen LogP contribution in [0.15, 0.2) is 66.6 Å². The van der Waals surface area contributed by atoms with Gasteiger partial charge in [-0.25, -0.2) is 28.5 Å². The maximum Gasteiger partial charge on any atom is 0.469 e. The quantitative estimate of drug-likeness (QED) is 0.0499. The molecule has 0 aliphatic heterocycles. The number of halogens is 1. The molecule has 0 spiro atoms. The van der Waals surface area contributed by atoms with Crippen molar-refractivity contribution in [2.24, 2.45) is 0 Å². The average molecular weight is 704 g/mol. The van der Waals surface area contributed by atoms with Crippen LogP contribution >= 0.6 is 7.82 Å². The Bertz CT molecular complexity index is 1830. The molecule has 7 N–H and O–H groups in total. The first-order valence-electron chi connectivity index (χ1n) is 14.6. The summed E-state index contributed by atoms with van der Waals surface area (Å²) >= 11 is 0. The highest BCUT2D eigenvalue weighted by molar-refractivity contribution is 7.46. The van der Waals surface area contributed by atoms with Crippen molar-refractivity contribution in [3.05, 3.63) is 78.1 Å². The van der Waals surface area contributed by atoms with E-state index in [1.54, 1.807) is 37.3 Å². The van der Waals surface area contributed by atoms with Gasteiger partial charge in [0.05, 0.1) is 31.2 Å². The van der Waals surface area contributed by atoms with Crippen molar-refractivity contribution < 1.29 is 52.6 Å². The van der Waals surface area contributed by atoms with Crippen LogP contribution in [0, 0.1) is 5.82 Å². The number of phosphoric ester groups is 1. The molecule has 17 nitrogen and oxygen atoms in total.